The van der Waals surface area contributed by atoms with Gasteiger partial charge in [-0.3, -0.25) is 0 Å². The Morgan fingerprint density at radius 1 is 1.71 bits per heavy atom. The van der Waals surface area contributed by atoms with Crippen molar-refractivity contribution in [2.24, 2.45) is 5.92 Å². The summed E-state index contributed by atoms with van der Waals surface area (Å²) in [6, 6.07) is 0. The second kappa shape index (κ2) is 1.99. The van der Waals surface area contributed by atoms with E-state index in [1.54, 1.807) is 0 Å². The summed E-state index contributed by atoms with van der Waals surface area (Å²) in [5.74, 6) is 0.769. The molecule has 0 heterocycles. The first-order valence-corrected chi connectivity index (χ1v) is 2.80. The Bertz CT molecular complexity index is 105. The fourth-order valence-corrected chi connectivity index (χ4v) is 0.745. The van der Waals surface area contributed by atoms with Crippen LogP contribution in [0.3, 0.4) is 0 Å². The summed E-state index contributed by atoms with van der Waals surface area (Å²) in [6.07, 6.45) is 6.76. The number of hydrogen-bond donors (Lipinski definition) is 0. The van der Waals surface area contributed by atoms with E-state index < -0.39 is 0 Å². The van der Waals surface area contributed by atoms with Crippen molar-refractivity contribution < 1.29 is 0 Å². The quantitative estimate of drug-likeness (QED) is 0.403. The molecule has 1 unspecified atom stereocenters. The number of rotatable bonds is 0. The van der Waals surface area contributed by atoms with Gasteiger partial charge in [0, 0.05) is 0 Å². The molecule has 0 aromatic carbocycles. The predicted octanol–water partition coefficient (Wildman–Crippen LogP) is 2.13. The molecule has 0 nitrogen and oxygen atoms in total. The van der Waals surface area contributed by atoms with Crippen molar-refractivity contribution in [1.82, 2.24) is 0 Å². The summed E-state index contributed by atoms with van der Waals surface area (Å²) in [5.41, 5.74) is 3.08. The minimum atomic E-state index is 0.769. The first-order valence-electron chi connectivity index (χ1n) is 2.80. The molecular formula is C7H10. The molecule has 0 heteroatoms. The Morgan fingerprint density at radius 3 is 2.86 bits per heavy atom. The van der Waals surface area contributed by atoms with Crippen LogP contribution in [0.2, 0.25) is 0 Å². The molecule has 1 aliphatic rings. The fourth-order valence-electron chi connectivity index (χ4n) is 0.745. The highest BCUT2D eigenvalue weighted by Crippen LogP contribution is 2.09. The maximum Gasteiger partial charge on any atom is -0.0183 e. The van der Waals surface area contributed by atoms with E-state index in [4.69, 9.17) is 0 Å². The molecule has 7 heavy (non-hydrogen) atoms. The predicted molar refractivity (Wildman–Crippen MR) is 31.1 cm³/mol. The van der Waals surface area contributed by atoms with Gasteiger partial charge in [0.1, 0.15) is 0 Å². The van der Waals surface area contributed by atoms with Gasteiger partial charge in [-0.15, -0.1) is 5.73 Å². The average Bonchev–Trinajstić information content (AvgIpc) is 1.69. The molecule has 0 saturated carbocycles. The lowest BCUT2D eigenvalue weighted by Crippen LogP contribution is -1.89. The van der Waals surface area contributed by atoms with Crippen LogP contribution in [0, 0.1) is 5.92 Å². The molecule has 0 radical (unpaired) electrons. The number of allylic oxidation sites excluding steroid dienone is 1. The van der Waals surface area contributed by atoms with Crippen LogP contribution in [0.25, 0.3) is 0 Å². The average molecular weight is 94.2 g/mol. The maximum atomic E-state index is 3.08. The molecule has 0 spiro atoms. The highest BCUT2D eigenvalue weighted by molar-refractivity contribution is 4.93. The second-order valence-corrected chi connectivity index (χ2v) is 2.09. The zero-order valence-corrected chi connectivity index (χ0v) is 4.65. The van der Waals surface area contributed by atoms with Gasteiger partial charge in [0.25, 0.3) is 0 Å². The van der Waals surface area contributed by atoms with Crippen LogP contribution in [-0.2, 0) is 0 Å². The summed E-state index contributed by atoms with van der Waals surface area (Å²) >= 11 is 0. The Morgan fingerprint density at radius 2 is 2.57 bits per heavy atom. The summed E-state index contributed by atoms with van der Waals surface area (Å²) < 4.78 is 0. The van der Waals surface area contributed by atoms with Gasteiger partial charge in [-0.1, -0.05) is 6.92 Å². The zero-order valence-electron chi connectivity index (χ0n) is 4.65. The van der Waals surface area contributed by atoms with Crippen LogP contribution < -0.4 is 0 Å². The molecule has 0 aromatic rings. The topological polar surface area (TPSA) is 0 Å². The largest absolute Gasteiger partial charge is 0.129 e. The zero-order chi connectivity index (χ0) is 5.11. The number of hydrogen-bond acceptors (Lipinski definition) is 0. The third-order valence-electron chi connectivity index (χ3n) is 1.26. The normalized spacial score (nSPS) is 28.4. The van der Waals surface area contributed by atoms with E-state index in [1.165, 1.54) is 12.8 Å². The Labute approximate surface area is 44.5 Å². The molecule has 0 aliphatic heterocycles. The molecule has 1 atom stereocenters. The minimum Gasteiger partial charge on any atom is -0.129 e. The third-order valence-corrected chi connectivity index (χ3v) is 1.26. The Hall–Kier alpha value is -0.480. The molecule has 0 fully saturated rings. The van der Waals surface area contributed by atoms with Crippen molar-refractivity contribution in [2.45, 2.75) is 19.8 Å². The lowest BCUT2D eigenvalue weighted by molar-refractivity contribution is 0.648. The van der Waals surface area contributed by atoms with E-state index in [2.05, 4.69) is 24.8 Å². The first kappa shape index (κ1) is 4.67. The summed E-state index contributed by atoms with van der Waals surface area (Å²) in [5, 5.41) is 0. The summed E-state index contributed by atoms with van der Waals surface area (Å²) in [6.45, 7) is 2.22. The van der Waals surface area contributed by atoms with E-state index in [0.29, 0.717) is 0 Å². The first-order chi connectivity index (χ1) is 3.39. The molecule has 0 amide bonds. The molecule has 0 saturated heterocycles. The van der Waals surface area contributed by atoms with Gasteiger partial charge in [0.2, 0.25) is 0 Å². The smallest absolute Gasteiger partial charge is 0.0183 e. The molecule has 1 aliphatic carbocycles. The van der Waals surface area contributed by atoms with Crippen molar-refractivity contribution >= 4 is 0 Å². The lowest BCUT2D eigenvalue weighted by atomic mass is 10.0. The summed E-state index contributed by atoms with van der Waals surface area (Å²) in [7, 11) is 0. The van der Waals surface area contributed by atoms with Crippen molar-refractivity contribution in [3.05, 3.63) is 17.9 Å². The van der Waals surface area contributed by atoms with Crippen LogP contribution >= 0.6 is 0 Å². The van der Waals surface area contributed by atoms with Crippen molar-refractivity contribution in [1.29, 1.82) is 0 Å². The van der Waals surface area contributed by atoms with Gasteiger partial charge in [-0.25, -0.2) is 0 Å². The van der Waals surface area contributed by atoms with Gasteiger partial charge in [0.05, 0.1) is 0 Å². The highest BCUT2D eigenvalue weighted by Gasteiger charge is 1.95. The van der Waals surface area contributed by atoms with Crippen molar-refractivity contribution in [3.63, 3.8) is 0 Å². The van der Waals surface area contributed by atoms with E-state index >= 15 is 0 Å². The van der Waals surface area contributed by atoms with Gasteiger partial charge in [0.15, 0.2) is 0 Å². The second-order valence-electron chi connectivity index (χ2n) is 2.09. The molecule has 38 valence electrons. The van der Waals surface area contributed by atoms with Crippen LogP contribution in [0.15, 0.2) is 17.9 Å². The Kier molecular flexibility index (Phi) is 1.33. The van der Waals surface area contributed by atoms with Gasteiger partial charge >= 0.3 is 0 Å². The molecule has 0 N–H and O–H groups in total. The molecule has 0 bridgehead atoms. The molecular weight excluding hydrogens is 84.1 g/mol. The van der Waals surface area contributed by atoms with E-state index in [0.717, 1.165) is 5.92 Å². The fraction of sp³-hybridized carbons (Fsp3) is 0.571. The lowest BCUT2D eigenvalue weighted by Gasteiger charge is -2.02. The van der Waals surface area contributed by atoms with E-state index in [1.807, 2.05) is 0 Å². The molecule has 0 aromatic heterocycles. The molecule has 1 rings (SSSR count). The minimum absolute atomic E-state index is 0.769. The summed E-state index contributed by atoms with van der Waals surface area (Å²) in [4.78, 5) is 0. The Balaban J connectivity index is 2.57. The van der Waals surface area contributed by atoms with Crippen LogP contribution in [0.5, 0.6) is 0 Å². The third kappa shape index (κ3) is 1.21. The van der Waals surface area contributed by atoms with Crippen molar-refractivity contribution in [2.75, 3.05) is 0 Å². The standard InChI is InChI=1S/C7H10/c1-7-5-3-2-4-6-7/h2,6-7H,3,5H2,1H3. The van der Waals surface area contributed by atoms with Crippen LogP contribution in [-0.4, -0.2) is 0 Å². The van der Waals surface area contributed by atoms with Crippen molar-refractivity contribution in [3.8, 4) is 0 Å². The highest BCUT2D eigenvalue weighted by atomic mass is 14.0. The van der Waals surface area contributed by atoms with Gasteiger partial charge in [-0.05, 0) is 30.9 Å². The van der Waals surface area contributed by atoms with E-state index in [9.17, 15) is 0 Å². The van der Waals surface area contributed by atoms with Crippen LogP contribution in [0.4, 0.5) is 0 Å². The maximum absolute atomic E-state index is 3.08. The SMILES string of the molecule is CC1C=C=CCC1. The van der Waals surface area contributed by atoms with Gasteiger partial charge < -0.3 is 0 Å². The van der Waals surface area contributed by atoms with Gasteiger partial charge in [-0.2, -0.15) is 0 Å². The monoisotopic (exact) mass is 94.1 g/mol. The van der Waals surface area contributed by atoms with E-state index in [-0.39, 0.29) is 0 Å². The van der Waals surface area contributed by atoms with Crippen LogP contribution in [0.1, 0.15) is 19.8 Å².